The van der Waals surface area contributed by atoms with Gasteiger partial charge >= 0.3 is 0 Å². The first-order valence-electron chi connectivity index (χ1n) is 11.0. The highest BCUT2D eigenvalue weighted by molar-refractivity contribution is 5.87. The van der Waals surface area contributed by atoms with Crippen LogP contribution in [0.3, 0.4) is 0 Å². The Balaban J connectivity index is 2.11. The van der Waals surface area contributed by atoms with Gasteiger partial charge in [0.25, 0.3) is 5.91 Å². The van der Waals surface area contributed by atoms with Crippen LogP contribution in [0.2, 0.25) is 0 Å². The number of amides is 2. The van der Waals surface area contributed by atoms with Crippen LogP contribution in [0.1, 0.15) is 52.7 Å². The van der Waals surface area contributed by atoms with Gasteiger partial charge in [-0.05, 0) is 53.6 Å². The molecule has 0 aliphatic heterocycles. The SMILES string of the molecule is CC(C)CNC(=O)[C@H](C)N(Cc1ccc(F)cc1)C(=O)COc1ccc(C(C)(C)C)cc1. The normalized spacial score (nSPS) is 12.4. The average Bonchev–Trinajstić information content (AvgIpc) is 2.74. The summed E-state index contributed by atoms with van der Waals surface area (Å²) in [5.41, 5.74) is 1.93. The number of hydrogen-bond acceptors (Lipinski definition) is 3. The molecule has 0 aromatic heterocycles. The lowest BCUT2D eigenvalue weighted by molar-refractivity contribution is -0.142. The zero-order valence-electron chi connectivity index (χ0n) is 19.9. The Morgan fingerprint density at radius 2 is 1.59 bits per heavy atom. The summed E-state index contributed by atoms with van der Waals surface area (Å²) < 4.78 is 19.0. The molecule has 2 aromatic rings. The molecule has 2 amide bonds. The maximum absolute atomic E-state index is 13.3. The van der Waals surface area contributed by atoms with E-state index in [-0.39, 0.29) is 36.2 Å². The largest absolute Gasteiger partial charge is 0.484 e. The Hall–Kier alpha value is -2.89. The average molecular weight is 443 g/mol. The van der Waals surface area contributed by atoms with Crippen molar-refractivity contribution in [2.75, 3.05) is 13.2 Å². The van der Waals surface area contributed by atoms with E-state index in [2.05, 4.69) is 26.1 Å². The number of benzene rings is 2. The summed E-state index contributed by atoms with van der Waals surface area (Å²) in [7, 11) is 0. The summed E-state index contributed by atoms with van der Waals surface area (Å²) in [6.45, 7) is 12.6. The second-order valence-corrected chi connectivity index (χ2v) is 9.53. The summed E-state index contributed by atoms with van der Waals surface area (Å²) in [6.07, 6.45) is 0. The monoisotopic (exact) mass is 442 g/mol. The van der Waals surface area contributed by atoms with E-state index in [9.17, 15) is 14.0 Å². The van der Waals surface area contributed by atoms with Crippen molar-refractivity contribution in [1.29, 1.82) is 0 Å². The standard InChI is InChI=1S/C26H35FN2O3/c1-18(2)15-28-25(31)19(3)29(16-20-7-11-22(27)12-8-20)24(30)17-32-23-13-9-21(10-14-23)26(4,5)6/h7-14,18-19H,15-17H2,1-6H3,(H,28,31)/t19-/m0/s1. The van der Waals surface area contributed by atoms with Crippen molar-refractivity contribution in [2.24, 2.45) is 5.92 Å². The van der Waals surface area contributed by atoms with Gasteiger partial charge in [-0.1, -0.05) is 58.9 Å². The van der Waals surface area contributed by atoms with E-state index < -0.39 is 6.04 Å². The Bertz CT molecular complexity index is 887. The van der Waals surface area contributed by atoms with Crippen molar-refractivity contribution in [3.05, 3.63) is 65.5 Å². The molecule has 5 nitrogen and oxygen atoms in total. The Morgan fingerprint density at radius 3 is 2.12 bits per heavy atom. The van der Waals surface area contributed by atoms with Gasteiger partial charge in [-0.25, -0.2) is 4.39 Å². The second-order valence-electron chi connectivity index (χ2n) is 9.53. The number of nitrogens with one attached hydrogen (secondary N) is 1. The quantitative estimate of drug-likeness (QED) is 0.613. The van der Waals surface area contributed by atoms with Crippen LogP contribution in [0.25, 0.3) is 0 Å². The molecule has 1 N–H and O–H groups in total. The lowest BCUT2D eigenvalue weighted by Gasteiger charge is -2.29. The zero-order chi connectivity index (χ0) is 23.9. The molecule has 32 heavy (non-hydrogen) atoms. The van der Waals surface area contributed by atoms with E-state index >= 15 is 0 Å². The van der Waals surface area contributed by atoms with Crippen LogP contribution < -0.4 is 10.1 Å². The molecule has 0 aliphatic carbocycles. The van der Waals surface area contributed by atoms with Crippen molar-refractivity contribution in [3.63, 3.8) is 0 Å². The highest BCUT2D eigenvalue weighted by Crippen LogP contribution is 2.24. The third-order valence-electron chi connectivity index (χ3n) is 5.20. The molecule has 0 aliphatic rings. The van der Waals surface area contributed by atoms with E-state index in [4.69, 9.17) is 4.74 Å². The minimum absolute atomic E-state index is 0.0269. The number of carbonyl (C=O) groups is 2. The van der Waals surface area contributed by atoms with Crippen LogP contribution in [0.4, 0.5) is 4.39 Å². The highest BCUT2D eigenvalue weighted by atomic mass is 19.1. The molecule has 0 radical (unpaired) electrons. The highest BCUT2D eigenvalue weighted by Gasteiger charge is 2.26. The molecule has 0 spiro atoms. The molecular weight excluding hydrogens is 407 g/mol. The summed E-state index contributed by atoms with van der Waals surface area (Å²) in [5.74, 6) is -0.0155. The Morgan fingerprint density at radius 1 is 1.00 bits per heavy atom. The van der Waals surface area contributed by atoms with Crippen LogP contribution >= 0.6 is 0 Å². The van der Waals surface area contributed by atoms with E-state index in [1.807, 2.05) is 38.1 Å². The van der Waals surface area contributed by atoms with Crippen molar-refractivity contribution >= 4 is 11.8 Å². The third kappa shape index (κ3) is 7.66. The van der Waals surface area contributed by atoms with E-state index in [0.717, 1.165) is 5.56 Å². The third-order valence-corrected chi connectivity index (χ3v) is 5.20. The topological polar surface area (TPSA) is 58.6 Å². The van der Waals surface area contributed by atoms with Crippen LogP contribution in [0.5, 0.6) is 5.75 Å². The predicted octanol–water partition coefficient (Wildman–Crippen LogP) is 4.69. The van der Waals surface area contributed by atoms with Gasteiger partial charge in [0.05, 0.1) is 0 Å². The van der Waals surface area contributed by atoms with Crippen LogP contribution in [-0.2, 0) is 21.5 Å². The minimum Gasteiger partial charge on any atom is -0.484 e. The molecule has 6 heteroatoms. The zero-order valence-corrected chi connectivity index (χ0v) is 19.9. The fraction of sp³-hybridized carbons (Fsp3) is 0.462. The van der Waals surface area contributed by atoms with Gasteiger partial charge < -0.3 is 15.0 Å². The number of nitrogens with zero attached hydrogens (tertiary/aromatic N) is 1. The molecular formula is C26H35FN2O3. The van der Waals surface area contributed by atoms with Crippen LogP contribution in [0.15, 0.2) is 48.5 Å². The first kappa shape index (κ1) is 25.4. The first-order valence-corrected chi connectivity index (χ1v) is 11.0. The summed E-state index contributed by atoms with van der Waals surface area (Å²) in [6, 6.07) is 12.9. The van der Waals surface area contributed by atoms with Gasteiger partial charge in [-0.2, -0.15) is 0 Å². The minimum atomic E-state index is -0.696. The summed E-state index contributed by atoms with van der Waals surface area (Å²) in [4.78, 5) is 27.1. The van der Waals surface area contributed by atoms with Gasteiger partial charge in [0, 0.05) is 13.1 Å². The van der Waals surface area contributed by atoms with Crippen LogP contribution in [0, 0.1) is 11.7 Å². The van der Waals surface area contributed by atoms with Gasteiger partial charge in [0.1, 0.15) is 17.6 Å². The van der Waals surface area contributed by atoms with Crippen molar-refractivity contribution in [1.82, 2.24) is 10.2 Å². The molecule has 2 rings (SSSR count). The number of hydrogen-bond donors (Lipinski definition) is 1. The molecule has 0 unspecified atom stereocenters. The molecule has 1 atom stereocenters. The second kappa shape index (κ2) is 11.1. The van der Waals surface area contributed by atoms with Crippen molar-refractivity contribution in [2.45, 2.75) is 59.5 Å². The predicted molar refractivity (Wildman–Crippen MR) is 125 cm³/mol. The molecule has 174 valence electrons. The lowest BCUT2D eigenvalue weighted by atomic mass is 9.87. The molecule has 0 saturated carbocycles. The number of rotatable bonds is 9. The van der Waals surface area contributed by atoms with E-state index in [1.54, 1.807) is 19.1 Å². The first-order chi connectivity index (χ1) is 15.0. The van der Waals surface area contributed by atoms with Crippen molar-refractivity contribution < 1.29 is 18.7 Å². The number of halogens is 1. The van der Waals surface area contributed by atoms with Gasteiger partial charge in [-0.3, -0.25) is 9.59 Å². The smallest absolute Gasteiger partial charge is 0.261 e. The van der Waals surface area contributed by atoms with E-state index in [0.29, 0.717) is 18.2 Å². The molecule has 0 fully saturated rings. The van der Waals surface area contributed by atoms with Gasteiger partial charge in [0.15, 0.2) is 6.61 Å². The number of carbonyl (C=O) groups excluding carboxylic acids is 2. The maximum atomic E-state index is 13.3. The van der Waals surface area contributed by atoms with Gasteiger partial charge in [-0.15, -0.1) is 0 Å². The van der Waals surface area contributed by atoms with E-state index in [1.165, 1.54) is 22.6 Å². The van der Waals surface area contributed by atoms with Crippen LogP contribution in [-0.4, -0.2) is 35.9 Å². The summed E-state index contributed by atoms with van der Waals surface area (Å²) >= 11 is 0. The summed E-state index contributed by atoms with van der Waals surface area (Å²) in [5, 5.41) is 2.87. The Labute approximate surface area is 191 Å². The van der Waals surface area contributed by atoms with Gasteiger partial charge in [0.2, 0.25) is 5.91 Å². The molecule has 0 heterocycles. The number of ether oxygens (including phenoxy) is 1. The lowest BCUT2D eigenvalue weighted by Crippen LogP contribution is -2.49. The molecule has 0 saturated heterocycles. The Kier molecular flexibility index (Phi) is 8.81. The van der Waals surface area contributed by atoms with Crippen molar-refractivity contribution in [3.8, 4) is 5.75 Å². The fourth-order valence-electron chi connectivity index (χ4n) is 3.10. The molecule has 2 aromatic carbocycles. The molecule has 0 bridgehead atoms. The fourth-order valence-corrected chi connectivity index (χ4v) is 3.10. The maximum Gasteiger partial charge on any atom is 0.261 e.